The highest BCUT2D eigenvalue weighted by Crippen LogP contribution is 2.39. The third-order valence-corrected chi connectivity index (χ3v) is 10.9. The number of ether oxygens (including phenoxy) is 2. The number of allylic oxidation sites excluding steroid dienone is 1. The van der Waals surface area contributed by atoms with E-state index in [1.54, 1.807) is 12.3 Å². The zero-order valence-corrected chi connectivity index (χ0v) is 32.3. The Morgan fingerprint density at radius 2 is 1.76 bits per heavy atom. The standard InChI is InChI=1S/C40H55N11O3/c1-27-9-8-10-28(2)51(27)39-47-46-37-16-13-30(26-50(37)39)54-34-15-14-33(31-11-6-7-12-32(31)34)44-38(52)45-36(23-35(41)40(3,4)5)43-29-24-42-49(25-29)18-17-48-19-21-53-22-20-48/h6-7,11-13,16,23-28,33-34,41,43H,8-10,14-15,17-22H2,1-5H3,(H2,44,45,52)/p+1. The number of carbonyl (C=O) groups is 1. The van der Waals surface area contributed by atoms with E-state index in [0.29, 0.717) is 30.0 Å². The first-order chi connectivity index (χ1) is 26.0. The average Bonchev–Trinajstić information content (AvgIpc) is 3.78. The number of anilines is 1. The number of nitrogens with two attached hydrogens (primary N) is 1. The lowest BCUT2D eigenvalue weighted by Gasteiger charge is -2.39. The molecule has 0 saturated carbocycles. The van der Waals surface area contributed by atoms with Crippen LogP contribution in [-0.2, 0) is 11.3 Å². The molecule has 0 radical (unpaired) electrons. The molecule has 2 saturated heterocycles. The summed E-state index contributed by atoms with van der Waals surface area (Å²) < 4.78 is 16.1. The molecule has 1 aromatic carbocycles. The molecule has 288 valence electrons. The van der Waals surface area contributed by atoms with Crippen LogP contribution >= 0.6 is 0 Å². The zero-order chi connectivity index (χ0) is 37.8. The Morgan fingerprint density at radius 1 is 1.00 bits per heavy atom. The molecule has 7 rings (SSSR count). The number of piperidine rings is 1. The molecule has 4 unspecified atom stereocenters. The van der Waals surface area contributed by atoms with Gasteiger partial charge in [-0.3, -0.25) is 24.6 Å². The van der Waals surface area contributed by atoms with Crippen LogP contribution in [0.2, 0.25) is 0 Å². The van der Waals surface area contributed by atoms with Gasteiger partial charge in [-0.2, -0.15) is 5.10 Å². The molecule has 4 atom stereocenters. The van der Waals surface area contributed by atoms with Gasteiger partial charge in [0.2, 0.25) is 11.8 Å². The monoisotopic (exact) mass is 738 g/mol. The van der Waals surface area contributed by atoms with E-state index in [0.717, 1.165) is 92.8 Å². The Kier molecular flexibility index (Phi) is 11.3. The number of rotatable bonds is 11. The van der Waals surface area contributed by atoms with Gasteiger partial charge < -0.3 is 25.1 Å². The third kappa shape index (κ3) is 8.77. The van der Waals surface area contributed by atoms with Gasteiger partial charge in [-0.1, -0.05) is 45.0 Å². The Hall–Kier alpha value is -4.79. The number of hydrogen-bond donors (Lipinski definition) is 4. The molecule has 4 aromatic rings. The molecule has 0 bridgehead atoms. The molecule has 3 aliphatic rings. The minimum atomic E-state index is -0.387. The van der Waals surface area contributed by atoms with Crippen molar-refractivity contribution in [2.45, 2.75) is 97.5 Å². The van der Waals surface area contributed by atoms with Crippen molar-refractivity contribution < 1.29 is 19.6 Å². The minimum Gasteiger partial charge on any atom is -0.484 e. The van der Waals surface area contributed by atoms with Crippen molar-refractivity contribution in [2.75, 3.05) is 37.7 Å². The Labute approximate surface area is 317 Å². The quantitative estimate of drug-likeness (QED) is 0.156. The maximum Gasteiger partial charge on any atom is 0.323 e. The molecule has 0 spiro atoms. The number of carbonyl (C=O) groups excluding carboxylic acids is 1. The predicted molar refractivity (Wildman–Crippen MR) is 208 cm³/mol. The van der Waals surface area contributed by atoms with Crippen LogP contribution in [0.25, 0.3) is 5.65 Å². The summed E-state index contributed by atoms with van der Waals surface area (Å²) >= 11 is 0. The third-order valence-electron chi connectivity index (χ3n) is 10.9. The van der Waals surface area contributed by atoms with Crippen LogP contribution in [-0.4, -0.2) is 86.0 Å². The zero-order valence-electron chi connectivity index (χ0n) is 32.3. The van der Waals surface area contributed by atoms with Gasteiger partial charge in [0, 0.05) is 48.9 Å². The number of pyridine rings is 1. The van der Waals surface area contributed by atoms with Crippen molar-refractivity contribution in [1.29, 1.82) is 5.41 Å². The van der Waals surface area contributed by atoms with Crippen LogP contribution in [0, 0.1) is 10.8 Å². The molecule has 14 nitrogen and oxygen atoms in total. The average molecular weight is 739 g/mol. The van der Waals surface area contributed by atoms with E-state index in [1.807, 2.05) is 67.4 Å². The molecule has 14 heteroatoms. The number of urea groups is 1. The summed E-state index contributed by atoms with van der Waals surface area (Å²) in [7, 11) is 0. The van der Waals surface area contributed by atoms with Crippen molar-refractivity contribution in [2.24, 2.45) is 5.41 Å². The van der Waals surface area contributed by atoms with E-state index in [2.05, 4.69) is 66.1 Å². The van der Waals surface area contributed by atoms with Crippen LogP contribution < -0.4 is 25.6 Å². The van der Waals surface area contributed by atoms with Gasteiger partial charge in [0.25, 0.3) is 0 Å². The molecular formula is C40H56N11O3+. The second-order valence-electron chi connectivity index (χ2n) is 16.0. The molecule has 5 N–H and O–H groups in total. The van der Waals surface area contributed by atoms with Crippen molar-refractivity contribution >= 4 is 29.0 Å². The highest BCUT2D eigenvalue weighted by atomic mass is 16.5. The molecule has 1 aliphatic carbocycles. The SMILES string of the molecule is CC1CCCC(C)N1c1nnc2ccc(OC3CCC(NC(=O)NC(=CC(=N)C(C)(C)C)[NH2+]c4cnn(CCN5CCOCC5)c4)c4ccccc43)cn12. The first-order valence-corrected chi connectivity index (χ1v) is 19.5. The Balaban J connectivity index is 1.02. The number of amides is 2. The summed E-state index contributed by atoms with van der Waals surface area (Å²) in [4.78, 5) is 18.4. The topological polar surface area (TPSA) is 155 Å². The molecule has 2 aliphatic heterocycles. The van der Waals surface area contributed by atoms with Gasteiger partial charge in [0.1, 0.15) is 18.1 Å². The molecule has 54 heavy (non-hydrogen) atoms. The van der Waals surface area contributed by atoms with Crippen LogP contribution in [0.3, 0.4) is 0 Å². The molecule has 2 amide bonds. The van der Waals surface area contributed by atoms with Crippen LogP contribution in [0.4, 0.5) is 16.4 Å². The summed E-state index contributed by atoms with van der Waals surface area (Å²) in [6.45, 7) is 15.5. The first kappa shape index (κ1) is 37.5. The summed E-state index contributed by atoms with van der Waals surface area (Å²) in [6.07, 6.45) is 12.3. The lowest BCUT2D eigenvalue weighted by molar-refractivity contribution is -0.522. The summed E-state index contributed by atoms with van der Waals surface area (Å²) in [5, 5.41) is 30.5. The maximum absolute atomic E-state index is 13.7. The number of benzene rings is 1. The molecule has 2 fully saturated rings. The van der Waals surface area contributed by atoms with E-state index < -0.39 is 0 Å². The van der Waals surface area contributed by atoms with E-state index >= 15 is 0 Å². The Morgan fingerprint density at radius 3 is 2.52 bits per heavy atom. The van der Waals surface area contributed by atoms with Crippen LogP contribution in [0.5, 0.6) is 5.75 Å². The van der Waals surface area contributed by atoms with Crippen LogP contribution in [0.15, 0.2) is 66.9 Å². The largest absolute Gasteiger partial charge is 0.484 e. The van der Waals surface area contributed by atoms with E-state index in [4.69, 9.17) is 14.9 Å². The summed E-state index contributed by atoms with van der Waals surface area (Å²) in [5.74, 6) is 2.14. The van der Waals surface area contributed by atoms with Crippen molar-refractivity contribution in [3.8, 4) is 5.75 Å². The number of aromatic nitrogens is 5. The molecule has 5 heterocycles. The lowest BCUT2D eigenvalue weighted by atomic mass is 9.85. The van der Waals surface area contributed by atoms with E-state index in [-0.39, 0.29) is 23.6 Å². The smallest absolute Gasteiger partial charge is 0.323 e. The van der Waals surface area contributed by atoms with Crippen molar-refractivity contribution in [1.82, 2.24) is 39.9 Å². The number of quaternary nitrogens is 1. The molecular weight excluding hydrogens is 683 g/mol. The fraction of sp³-hybridized carbons (Fsp3) is 0.525. The fourth-order valence-electron chi connectivity index (χ4n) is 7.74. The van der Waals surface area contributed by atoms with Gasteiger partial charge in [-0.05, 0) is 69.2 Å². The predicted octanol–water partition coefficient (Wildman–Crippen LogP) is 5.08. The normalized spacial score (nSPS) is 22.5. The highest BCUT2D eigenvalue weighted by Gasteiger charge is 2.31. The van der Waals surface area contributed by atoms with Crippen molar-refractivity contribution in [3.63, 3.8) is 0 Å². The van der Waals surface area contributed by atoms with E-state index in [9.17, 15) is 4.79 Å². The number of hydrogen-bond acceptors (Lipinski definition) is 9. The number of nitrogens with one attached hydrogen (secondary N) is 3. The fourth-order valence-corrected chi connectivity index (χ4v) is 7.74. The summed E-state index contributed by atoms with van der Waals surface area (Å²) in [5.41, 5.74) is 3.75. The lowest BCUT2D eigenvalue weighted by Crippen LogP contribution is -2.79. The second kappa shape index (κ2) is 16.3. The number of morpholine rings is 1. The Bertz CT molecular complexity index is 1950. The van der Waals surface area contributed by atoms with Gasteiger partial charge in [-0.25, -0.2) is 4.79 Å². The second-order valence-corrected chi connectivity index (χ2v) is 16.0. The van der Waals surface area contributed by atoms with Gasteiger partial charge in [0.15, 0.2) is 11.3 Å². The summed E-state index contributed by atoms with van der Waals surface area (Å²) in [6, 6.07) is 12.4. The van der Waals surface area contributed by atoms with Crippen molar-refractivity contribution in [3.05, 3.63) is 78.0 Å². The first-order valence-electron chi connectivity index (χ1n) is 19.5. The minimum absolute atomic E-state index is 0.177. The number of nitrogens with zero attached hydrogens (tertiary/aromatic N) is 7. The highest BCUT2D eigenvalue weighted by molar-refractivity contribution is 5.97. The van der Waals surface area contributed by atoms with Gasteiger partial charge in [-0.15, -0.1) is 10.2 Å². The van der Waals surface area contributed by atoms with Crippen LogP contribution in [0.1, 0.15) is 90.0 Å². The van der Waals surface area contributed by atoms with Gasteiger partial charge in [0.05, 0.1) is 38.2 Å². The number of fused-ring (bicyclic) bond motifs is 2. The maximum atomic E-state index is 13.7. The molecule has 3 aromatic heterocycles. The van der Waals surface area contributed by atoms with E-state index in [1.165, 1.54) is 6.42 Å². The van der Waals surface area contributed by atoms with Gasteiger partial charge >= 0.3 is 6.03 Å².